The lowest BCUT2D eigenvalue weighted by Crippen LogP contribution is -2.49. The van der Waals surface area contributed by atoms with E-state index in [-0.39, 0.29) is 10.7 Å². The second kappa shape index (κ2) is 8.60. The van der Waals surface area contributed by atoms with E-state index in [1.165, 1.54) is 6.07 Å². The first kappa shape index (κ1) is 21.6. The molecule has 2 aliphatic rings. The maximum atomic E-state index is 15.1. The number of imide groups is 1. The highest BCUT2D eigenvalue weighted by atomic mass is 32.2. The predicted octanol–water partition coefficient (Wildman–Crippen LogP) is 3.39. The average Bonchev–Trinajstić information content (AvgIpc) is 3.35. The number of imidazole rings is 1. The summed E-state index contributed by atoms with van der Waals surface area (Å²) in [7, 11) is 0. The van der Waals surface area contributed by atoms with E-state index in [4.69, 9.17) is 0 Å². The number of carbonyl (C=O) groups excluding carboxylic acids is 2. The number of hydrogen-bond acceptors (Lipinski definition) is 7. The van der Waals surface area contributed by atoms with E-state index in [9.17, 15) is 9.59 Å². The van der Waals surface area contributed by atoms with Gasteiger partial charge in [-0.25, -0.2) is 13.9 Å². The van der Waals surface area contributed by atoms with Gasteiger partial charge in [0.25, 0.3) is 11.1 Å². The summed E-state index contributed by atoms with van der Waals surface area (Å²) < 4.78 is 16.7. The third kappa shape index (κ3) is 4.23. The minimum atomic E-state index is -0.440. The molecule has 170 valence electrons. The molecular formula is C23H23FN6O2S. The van der Waals surface area contributed by atoms with Gasteiger partial charge in [0, 0.05) is 37.8 Å². The number of anilines is 1. The van der Waals surface area contributed by atoms with Gasteiger partial charge >= 0.3 is 0 Å². The van der Waals surface area contributed by atoms with Gasteiger partial charge in [-0.2, -0.15) is 5.10 Å². The van der Waals surface area contributed by atoms with Gasteiger partial charge < -0.3 is 4.90 Å². The molecular weight excluding hydrogens is 443 g/mol. The fourth-order valence-corrected chi connectivity index (χ4v) is 4.79. The number of aromatic nitrogens is 3. The minimum absolute atomic E-state index is 0.279. The van der Waals surface area contributed by atoms with E-state index in [0.29, 0.717) is 34.3 Å². The Morgan fingerprint density at radius 1 is 1.12 bits per heavy atom. The van der Waals surface area contributed by atoms with Crippen LogP contribution in [-0.2, 0) is 4.79 Å². The molecule has 33 heavy (non-hydrogen) atoms. The number of piperazine rings is 1. The van der Waals surface area contributed by atoms with Crippen molar-refractivity contribution >= 4 is 40.3 Å². The molecule has 2 fully saturated rings. The molecule has 3 aromatic rings. The number of rotatable bonds is 4. The predicted molar refractivity (Wildman–Crippen MR) is 126 cm³/mol. The zero-order chi connectivity index (χ0) is 23.1. The first-order valence-corrected chi connectivity index (χ1v) is 11.6. The van der Waals surface area contributed by atoms with Crippen LogP contribution in [0.5, 0.6) is 0 Å². The maximum absolute atomic E-state index is 15.1. The van der Waals surface area contributed by atoms with Crippen LogP contribution < -0.4 is 10.2 Å². The average molecular weight is 467 g/mol. The first-order valence-electron chi connectivity index (χ1n) is 10.8. The molecule has 8 nitrogen and oxygen atoms in total. The zero-order valence-corrected chi connectivity index (χ0v) is 19.1. The largest absolute Gasteiger partial charge is 0.367 e. The summed E-state index contributed by atoms with van der Waals surface area (Å²) in [4.78, 5) is 32.3. The van der Waals surface area contributed by atoms with Crippen molar-refractivity contribution in [1.82, 2.24) is 24.8 Å². The van der Waals surface area contributed by atoms with Crippen LogP contribution in [0, 0.1) is 5.82 Å². The summed E-state index contributed by atoms with van der Waals surface area (Å²) in [5, 5.41) is 6.35. The molecule has 0 radical (unpaired) electrons. The molecule has 2 saturated heterocycles. The smallest absolute Gasteiger partial charge is 0.290 e. The minimum Gasteiger partial charge on any atom is -0.367 e. The lowest BCUT2D eigenvalue weighted by Gasteiger charge is -2.38. The summed E-state index contributed by atoms with van der Waals surface area (Å²) in [6, 6.07) is 9.18. The van der Waals surface area contributed by atoms with Crippen LogP contribution in [0.4, 0.5) is 14.9 Å². The van der Waals surface area contributed by atoms with Gasteiger partial charge in [0.15, 0.2) is 5.65 Å². The third-order valence-corrected chi connectivity index (χ3v) is 6.74. The number of nitrogens with zero attached hydrogens (tertiary/aromatic N) is 5. The van der Waals surface area contributed by atoms with Crippen molar-refractivity contribution in [3.63, 3.8) is 0 Å². The fraction of sp³-hybridized carbons (Fsp3) is 0.304. The number of benzene rings is 1. The number of nitrogens with one attached hydrogen (secondary N) is 1. The van der Waals surface area contributed by atoms with E-state index in [0.717, 1.165) is 37.9 Å². The Bertz CT molecular complexity index is 1280. The van der Waals surface area contributed by atoms with Crippen molar-refractivity contribution in [3.05, 3.63) is 52.9 Å². The monoisotopic (exact) mass is 466 g/mol. The van der Waals surface area contributed by atoms with Gasteiger partial charge in [0.05, 0.1) is 28.2 Å². The summed E-state index contributed by atoms with van der Waals surface area (Å²) in [6.45, 7) is 7.76. The van der Waals surface area contributed by atoms with Gasteiger partial charge in [0.2, 0.25) is 0 Å². The molecule has 5 rings (SSSR count). The van der Waals surface area contributed by atoms with Crippen LogP contribution in [0.3, 0.4) is 0 Å². The summed E-state index contributed by atoms with van der Waals surface area (Å²) in [6.07, 6.45) is 3.20. The van der Waals surface area contributed by atoms with Crippen LogP contribution >= 0.6 is 11.8 Å². The standard InChI is InChI=1S/C23H23FN6O2S/c1-14(2)28-7-9-29(10-8-28)18-5-3-15(11-17(18)24)19-13-25-21-6-4-16(27-30(19)21)12-20-22(31)26-23(32)33-20/h3-6,11-14H,7-10H2,1-2H3,(H,26,31,32). The van der Waals surface area contributed by atoms with E-state index >= 15 is 4.39 Å². The Morgan fingerprint density at radius 3 is 2.58 bits per heavy atom. The Morgan fingerprint density at radius 2 is 1.91 bits per heavy atom. The van der Waals surface area contributed by atoms with Crippen molar-refractivity contribution in [2.45, 2.75) is 19.9 Å². The number of carbonyl (C=O) groups is 2. The van der Waals surface area contributed by atoms with E-state index < -0.39 is 11.1 Å². The Kier molecular flexibility index (Phi) is 5.63. The van der Waals surface area contributed by atoms with Crippen molar-refractivity contribution in [2.75, 3.05) is 31.1 Å². The Labute approximate surface area is 194 Å². The number of hydrogen-bond donors (Lipinski definition) is 1. The highest BCUT2D eigenvalue weighted by molar-refractivity contribution is 8.18. The topological polar surface area (TPSA) is 82.8 Å². The van der Waals surface area contributed by atoms with Gasteiger partial charge in [-0.05, 0) is 56.0 Å². The van der Waals surface area contributed by atoms with Crippen molar-refractivity contribution in [2.24, 2.45) is 0 Å². The SMILES string of the molecule is CC(C)N1CCN(c2ccc(-c3cnc4ccc(C=C5SC(=O)NC5=O)nn34)cc2F)CC1. The van der Waals surface area contributed by atoms with Gasteiger partial charge in [-0.3, -0.25) is 19.8 Å². The summed E-state index contributed by atoms with van der Waals surface area (Å²) >= 11 is 0.835. The molecule has 0 aliphatic carbocycles. The molecule has 0 spiro atoms. The fourth-order valence-electron chi connectivity index (χ4n) is 4.12. The second-order valence-corrected chi connectivity index (χ2v) is 9.32. The highest BCUT2D eigenvalue weighted by Gasteiger charge is 2.25. The molecule has 1 N–H and O–H groups in total. The second-order valence-electron chi connectivity index (χ2n) is 8.31. The number of fused-ring (bicyclic) bond motifs is 1. The highest BCUT2D eigenvalue weighted by Crippen LogP contribution is 2.29. The lowest BCUT2D eigenvalue weighted by atomic mass is 10.1. The van der Waals surface area contributed by atoms with Crippen LogP contribution in [0.15, 0.2) is 41.4 Å². The normalized spacial score (nSPS) is 18.7. The van der Waals surface area contributed by atoms with Crippen molar-refractivity contribution in [3.8, 4) is 11.3 Å². The summed E-state index contributed by atoms with van der Waals surface area (Å²) in [5.74, 6) is -0.721. The van der Waals surface area contributed by atoms with Crippen molar-refractivity contribution < 1.29 is 14.0 Å². The first-order chi connectivity index (χ1) is 15.9. The number of amides is 2. The molecule has 2 amide bonds. The molecule has 0 atom stereocenters. The zero-order valence-electron chi connectivity index (χ0n) is 18.3. The molecule has 0 unspecified atom stereocenters. The van der Waals surface area contributed by atoms with E-state index in [1.54, 1.807) is 28.9 Å². The molecule has 2 aliphatic heterocycles. The maximum Gasteiger partial charge on any atom is 0.290 e. The van der Waals surface area contributed by atoms with Gasteiger partial charge in [0.1, 0.15) is 5.82 Å². The number of halogens is 1. The van der Waals surface area contributed by atoms with Gasteiger partial charge in [-0.15, -0.1) is 0 Å². The summed E-state index contributed by atoms with van der Waals surface area (Å²) in [5.41, 5.74) is 2.99. The Balaban J connectivity index is 1.42. The molecule has 0 saturated carbocycles. The van der Waals surface area contributed by atoms with E-state index in [2.05, 4.69) is 39.0 Å². The molecule has 0 bridgehead atoms. The quantitative estimate of drug-likeness (QED) is 0.590. The Hall–Kier alpha value is -3.24. The molecule has 1 aromatic carbocycles. The number of thioether (sulfide) groups is 1. The van der Waals surface area contributed by atoms with Crippen LogP contribution in [-0.4, -0.2) is 62.9 Å². The van der Waals surface area contributed by atoms with Crippen LogP contribution in [0.25, 0.3) is 23.0 Å². The van der Waals surface area contributed by atoms with Crippen LogP contribution in [0.2, 0.25) is 0 Å². The third-order valence-electron chi connectivity index (χ3n) is 5.93. The molecule has 10 heteroatoms. The molecule has 4 heterocycles. The van der Waals surface area contributed by atoms with E-state index in [1.807, 2.05) is 12.1 Å². The van der Waals surface area contributed by atoms with Crippen LogP contribution in [0.1, 0.15) is 19.5 Å². The van der Waals surface area contributed by atoms with Crippen molar-refractivity contribution in [1.29, 1.82) is 0 Å². The lowest BCUT2D eigenvalue weighted by molar-refractivity contribution is -0.115. The van der Waals surface area contributed by atoms with Gasteiger partial charge in [-0.1, -0.05) is 6.07 Å². The molecule has 2 aromatic heterocycles.